The van der Waals surface area contributed by atoms with Gasteiger partial charge in [-0.15, -0.1) is 0 Å². The van der Waals surface area contributed by atoms with Crippen molar-refractivity contribution in [2.24, 2.45) is 0 Å². The van der Waals surface area contributed by atoms with E-state index in [4.69, 9.17) is 14.0 Å². The largest absolute Gasteiger partial charge is 0.496 e. The Hall–Kier alpha value is -1.96. The molecule has 7 heteroatoms. The summed E-state index contributed by atoms with van der Waals surface area (Å²) in [5.74, 6) is 2.07. The Kier molecular flexibility index (Phi) is 6.01. The molecule has 1 N–H and O–H groups in total. The van der Waals surface area contributed by atoms with Crippen LogP contribution in [0.25, 0.3) is 0 Å². The number of aromatic nitrogens is 2. The van der Waals surface area contributed by atoms with Gasteiger partial charge in [-0.2, -0.15) is 4.98 Å². The highest BCUT2D eigenvalue weighted by Crippen LogP contribution is 2.30. The second kappa shape index (κ2) is 8.42. The number of ether oxygens (including phenoxy) is 2. The van der Waals surface area contributed by atoms with Gasteiger partial charge in [-0.3, -0.25) is 4.90 Å². The minimum absolute atomic E-state index is 0.112. The van der Waals surface area contributed by atoms with Crippen molar-refractivity contribution in [1.29, 1.82) is 0 Å². The summed E-state index contributed by atoms with van der Waals surface area (Å²) in [4.78, 5) is 6.52. The van der Waals surface area contributed by atoms with Crippen molar-refractivity contribution in [3.63, 3.8) is 0 Å². The number of para-hydroxylation sites is 1. The van der Waals surface area contributed by atoms with Gasteiger partial charge in [-0.25, -0.2) is 0 Å². The number of methoxy groups -OCH3 is 1. The van der Waals surface area contributed by atoms with Crippen LogP contribution in [-0.2, 0) is 11.3 Å². The molecule has 0 radical (unpaired) electrons. The fourth-order valence-corrected chi connectivity index (χ4v) is 3.24. The number of aryl methyl sites for hydroxylation is 1. The minimum atomic E-state index is -0.566. The molecule has 7 nitrogen and oxygen atoms in total. The predicted octanol–water partition coefficient (Wildman–Crippen LogP) is 2.10. The lowest BCUT2D eigenvalue weighted by atomic mass is 10.2. The molecule has 1 aliphatic heterocycles. The quantitative estimate of drug-likeness (QED) is 0.783. The van der Waals surface area contributed by atoms with Crippen molar-refractivity contribution >= 4 is 0 Å². The molecule has 25 heavy (non-hydrogen) atoms. The Morgan fingerprint density at radius 3 is 3.00 bits per heavy atom. The summed E-state index contributed by atoms with van der Waals surface area (Å²) in [7, 11) is 1.64. The number of aliphatic hydroxyl groups excluding tert-OH is 1. The van der Waals surface area contributed by atoms with Crippen molar-refractivity contribution in [3.05, 3.63) is 41.5 Å². The van der Waals surface area contributed by atoms with E-state index >= 15 is 0 Å². The van der Waals surface area contributed by atoms with Gasteiger partial charge in [0.25, 0.3) is 0 Å². The first kappa shape index (κ1) is 17.8. The number of benzene rings is 1. The molecule has 0 bridgehead atoms. The topological polar surface area (TPSA) is 80.9 Å². The molecule has 2 heterocycles. The Balaban J connectivity index is 1.48. The zero-order valence-corrected chi connectivity index (χ0v) is 14.7. The Morgan fingerprint density at radius 2 is 2.24 bits per heavy atom. The molecule has 3 rings (SSSR count). The molecular formula is C18H25N3O4. The smallest absolute Gasteiger partial charge is 0.223 e. The van der Waals surface area contributed by atoms with Crippen molar-refractivity contribution in [2.45, 2.75) is 38.5 Å². The van der Waals surface area contributed by atoms with Gasteiger partial charge in [-0.05, 0) is 25.5 Å². The SMILES string of the molecule is COc1ccccc1COC[C@@H](O)CN1CCC[C@@H]1c1noc(C)n1. The maximum Gasteiger partial charge on any atom is 0.223 e. The van der Waals surface area contributed by atoms with Crippen LogP contribution in [0.1, 0.15) is 36.2 Å². The molecule has 1 fully saturated rings. The maximum atomic E-state index is 10.3. The molecule has 0 aliphatic carbocycles. The van der Waals surface area contributed by atoms with Crippen LogP contribution in [-0.4, -0.2) is 53.1 Å². The molecule has 2 aromatic rings. The van der Waals surface area contributed by atoms with Crippen molar-refractivity contribution in [2.75, 3.05) is 26.8 Å². The third-order valence-corrected chi connectivity index (χ3v) is 4.41. The molecule has 0 spiro atoms. The number of β-amino-alcohol motifs (C(OH)–C–C–N with tert-alkyl or cyclic N) is 1. The summed E-state index contributed by atoms with van der Waals surface area (Å²) in [5.41, 5.74) is 0.971. The van der Waals surface area contributed by atoms with Gasteiger partial charge < -0.3 is 19.1 Å². The highest BCUT2D eigenvalue weighted by atomic mass is 16.5. The lowest BCUT2D eigenvalue weighted by Crippen LogP contribution is -2.35. The molecule has 1 aromatic carbocycles. The average molecular weight is 347 g/mol. The summed E-state index contributed by atoms with van der Waals surface area (Å²) in [6.07, 6.45) is 1.48. The monoisotopic (exact) mass is 347 g/mol. The minimum Gasteiger partial charge on any atom is -0.496 e. The highest BCUT2D eigenvalue weighted by molar-refractivity contribution is 5.32. The van der Waals surface area contributed by atoms with Crippen LogP contribution in [0, 0.1) is 6.92 Å². The molecular weight excluding hydrogens is 322 g/mol. The third-order valence-electron chi connectivity index (χ3n) is 4.41. The molecule has 136 valence electrons. The fourth-order valence-electron chi connectivity index (χ4n) is 3.24. The number of aliphatic hydroxyl groups is 1. The number of hydrogen-bond donors (Lipinski definition) is 1. The maximum absolute atomic E-state index is 10.3. The molecule has 0 unspecified atom stereocenters. The van der Waals surface area contributed by atoms with Gasteiger partial charge in [-0.1, -0.05) is 23.4 Å². The van der Waals surface area contributed by atoms with Gasteiger partial charge in [0.2, 0.25) is 5.89 Å². The summed E-state index contributed by atoms with van der Waals surface area (Å²) >= 11 is 0. The van der Waals surface area contributed by atoms with Gasteiger partial charge >= 0.3 is 0 Å². The Labute approximate surface area is 147 Å². The number of rotatable bonds is 8. The van der Waals surface area contributed by atoms with E-state index in [1.54, 1.807) is 14.0 Å². The normalized spacial score (nSPS) is 19.2. The van der Waals surface area contributed by atoms with Crippen LogP contribution in [0.3, 0.4) is 0 Å². The van der Waals surface area contributed by atoms with Crippen LogP contribution in [0.15, 0.2) is 28.8 Å². The molecule has 1 aliphatic rings. The van der Waals surface area contributed by atoms with Crippen molar-refractivity contribution < 1.29 is 19.1 Å². The van der Waals surface area contributed by atoms with Gasteiger partial charge in [0.05, 0.1) is 32.5 Å². The fraction of sp³-hybridized carbons (Fsp3) is 0.556. The van der Waals surface area contributed by atoms with E-state index < -0.39 is 6.10 Å². The average Bonchev–Trinajstić information content (AvgIpc) is 3.24. The molecule has 1 aromatic heterocycles. The number of nitrogens with zero attached hydrogens (tertiary/aromatic N) is 3. The summed E-state index contributed by atoms with van der Waals surface area (Å²) in [6.45, 7) is 3.92. The lowest BCUT2D eigenvalue weighted by molar-refractivity contribution is 0.00664. The molecule has 2 atom stereocenters. The van der Waals surface area contributed by atoms with Gasteiger partial charge in [0.1, 0.15) is 5.75 Å². The summed E-state index contributed by atoms with van der Waals surface area (Å²) in [6, 6.07) is 7.84. The first-order chi connectivity index (χ1) is 12.2. The zero-order chi connectivity index (χ0) is 17.6. The first-order valence-corrected chi connectivity index (χ1v) is 8.59. The predicted molar refractivity (Wildman–Crippen MR) is 91.2 cm³/mol. The zero-order valence-electron chi connectivity index (χ0n) is 14.7. The van der Waals surface area contributed by atoms with Crippen molar-refractivity contribution in [3.8, 4) is 5.75 Å². The van der Waals surface area contributed by atoms with Crippen LogP contribution < -0.4 is 4.74 Å². The second-order valence-electron chi connectivity index (χ2n) is 6.31. The van der Waals surface area contributed by atoms with E-state index in [-0.39, 0.29) is 12.6 Å². The summed E-state index contributed by atoms with van der Waals surface area (Å²) < 4.78 is 16.1. The Morgan fingerprint density at radius 1 is 1.40 bits per heavy atom. The van der Waals surface area contributed by atoms with E-state index in [0.29, 0.717) is 24.9 Å². The van der Waals surface area contributed by atoms with Gasteiger partial charge in [0.15, 0.2) is 5.82 Å². The van der Waals surface area contributed by atoms with Crippen LogP contribution in [0.2, 0.25) is 0 Å². The Bertz CT molecular complexity index is 676. The first-order valence-electron chi connectivity index (χ1n) is 8.59. The van der Waals surface area contributed by atoms with E-state index in [9.17, 15) is 5.11 Å². The van der Waals surface area contributed by atoms with E-state index in [1.807, 2.05) is 24.3 Å². The van der Waals surface area contributed by atoms with Crippen molar-refractivity contribution in [1.82, 2.24) is 15.0 Å². The van der Waals surface area contributed by atoms with Gasteiger partial charge in [0, 0.05) is 19.0 Å². The molecule has 0 saturated carbocycles. The van der Waals surface area contributed by atoms with Crippen LogP contribution in [0.5, 0.6) is 5.75 Å². The lowest BCUT2D eigenvalue weighted by Gasteiger charge is -2.24. The third kappa shape index (κ3) is 4.56. The van der Waals surface area contributed by atoms with E-state index in [1.165, 1.54) is 0 Å². The van der Waals surface area contributed by atoms with E-state index in [0.717, 1.165) is 30.7 Å². The highest BCUT2D eigenvalue weighted by Gasteiger charge is 2.30. The summed E-state index contributed by atoms with van der Waals surface area (Å²) in [5, 5.41) is 14.3. The molecule has 0 amide bonds. The molecule has 1 saturated heterocycles. The van der Waals surface area contributed by atoms with E-state index in [2.05, 4.69) is 15.0 Å². The van der Waals surface area contributed by atoms with Crippen LogP contribution >= 0.6 is 0 Å². The second-order valence-corrected chi connectivity index (χ2v) is 6.31. The number of likely N-dealkylation sites (tertiary alicyclic amines) is 1. The van der Waals surface area contributed by atoms with Crippen LogP contribution in [0.4, 0.5) is 0 Å². The standard InChI is InChI=1S/C18H25N3O4/c1-13-19-18(20-25-13)16-7-5-9-21(16)10-15(22)12-24-11-14-6-3-4-8-17(14)23-2/h3-4,6,8,15-16,22H,5,7,9-12H2,1-2H3/t15-,16+/m0/s1. The number of hydrogen-bond acceptors (Lipinski definition) is 7.